The summed E-state index contributed by atoms with van der Waals surface area (Å²) in [6.07, 6.45) is 2.68. The number of nitrogens with zero attached hydrogens (tertiary/aromatic N) is 2. The molecule has 0 aliphatic carbocycles. The summed E-state index contributed by atoms with van der Waals surface area (Å²) >= 11 is 0. The number of carbonyl (C=O) groups is 2. The number of benzene rings is 1. The molecule has 1 aliphatic rings. The molecule has 6 heteroatoms. The number of likely N-dealkylation sites (tertiary alicyclic amines) is 1. The first-order valence-electron chi connectivity index (χ1n) is 8.66. The molecule has 132 valence electrons. The highest BCUT2D eigenvalue weighted by molar-refractivity contribution is 5.93. The van der Waals surface area contributed by atoms with Crippen molar-refractivity contribution in [1.29, 1.82) is 0 Å². The molecule has 2 aromatic rings. The monoisotopic (exact) mass is 341 g/mol. The van der Waals surface area contributed by atoms with E-state index in [9.17, 15) is 9.59 Å². The van der Waals surface area contributed by atoms with Crippen molar-refractivity contribution in [2.75, 3.05) is 13.1 Å². The number of hydrogen-bond donors (Lipinski definition) is 2. The minimum absolute atomic E-state index is 0.0640. The lowest BCUT2D eigenvalue weighted by Gasteiger charge is -2.32. The number of hydrogen-bond acceptors (Lipinski definition) is 3. The molecule has 0 radical (unpaired) electrons. The van der Waals surface area contributed by atoms with Crippen LogP contribution in [-0.4, -0.2) is 45.2 Å². The molecule has 3 rings (SSSR count). The van der Waals surface area contributed by atoms with Crippen molar-refractivity contribution in [3.05, 3.63) is 41.6 Å². The summed E-state index contributed by atoms with van der Waals surface area (Å²) in [7, 11) is 0. The first kappa shape index (κ1) is 17.2. The summed E-state index contributed by atoms with van der Waals surface area (Å²) in [5.41, 5.74) is 3.38. The third kappa shape index (κ3) is 4.26. The zero-order valence-electron chi connectivity index (χ0n) is 14.4. The molecule has 1 unspecified atom stereocenters. The summed E-state index contributed by atoms with van der Waals surface area (Å²) in [5.74, 6) is -0.584. The largest absolute Gasteiger partial charge is 0.481 e. The number of aromatic amines is 1. The number of amides is 1. The predicted molar refractivity (Wildman–Crippen MR) is 94.3 cm³/mol. The van der Waals surface area contributed by atoms with Crippen LogP contribution in [0.15, 0.2) is 30.3 Å². The van der Waals surface area contributed by atoms with Crippen LogP contribution < -0.4 is 0 Å². The minimum Gasteiger partial charge on any atom is -0.481 e. The number of aromatic nitrogens is 2. The summed E-state index contributed by atoms with van der Waals surface area (Å²) in [5, 5.41) is 15.9. The molecule has 6 nitrogen and oxygen atoms in total. The van der Waals surface area contributed by atoms with Gasteiger partial charge in [-0.2, -0.15) is 5.10 Å². The van der Waals surface area contributed by atoms with Gasteiger partial charge in [0.15, 0.2) is 0 Å². The van der Waals surface area contributed by atoms with Gasteiger partial charge in [-0.25, -0.2) is 0 Å². The van der Waals surface area contributed by atoms with Gasteiger partial charge in [0, 0.05) is 25.1 Å². The smallest absolute Gasteiger partial charge is 0.303 e. The van der Waals surface area contributed by atoms with Crippen LogP contribution in [0.5, 0.6) is 0 Å². The van der Waals surface area contributed by atoms with Gasteiger partial charge in [-0.15, -0.1) is 0 Å². The Balaban J connectivity index is 1.66. The fourth-order valence-electron chi connectivity index (χ4n) is 3.29. The van der Waals surface area contributed by atoms with Crippen molar-refractivity contribution in [2.24, 2.45) is 5.92 Å². The third-order valence-corrected chi connectivity index (χ3v) is 4.73. The number of carboxylic acids is 1. The maximum absolute atomic E-state index is 12.7. The molecule has 1 aliphatic heterocycles. The third-order valence-electron chi connectivity index (χ3n) is 4.73. The van der Waals surface area contributed by atoms with E-state index in [-0.39, 0.29) is 18.2 Å². The highest BCUT2D eigenvalue weighted by Gasteiger charge is 2.26. The zero-order chi connectivity index (χ0) is 17.8. The van der Waals surface area contributed by atoms with Crippen LogP contribution in [0.4, 0.5) is 0 Å². The Morgan fingerprint density at radius 3 is 2.80 bits per heavy atom. The lowest BCUT2D eigenvalue weighted by Crippen LogP contribution is -2.40. The minimum atomic E-state index is -0.778. The number of aliphatic carboxylic acids is 1. The fourth-order valence-corrected chi connectivity index (χ4v) is 3.29. The topological polar surface area (TPSA) is 86.3 Å². The van der Waals surface area contributed by atoms with Crippen molar-refractivity contribution in [3.8, 4) is 11.3 Å². The van der Waals surface area contributed by atoms with Crippen LogP contribution >= 0.6 is 0 Å². The van der Waals surface area contributed by atoms with E-state index in [0.717, 1.165) is 24.1 Å². The number of aryl methyl sites for hydroxylation is 1. The Morgan fingerprint density at radius 1 is 1.32 bits per heavy atom. The molecule has 1 amide bonds. The molecular formula is C19H23N3O3. The van der Waals surface area contributed by atoms with E-state index in [0.29, 0.717) is 25.2 Å². The Labute approximate surface area is 146 Å². The van der Waals surface area contributed by atoms with Crippen LogP contribution in [0.25, 0.3) is 11.3 Å². The van der Waals surface area contributed by atoms with Crippen LogP contribution in [0.3, 0.4) is 0 Å². The number of nitrogens with one attached hydrogen (secondary N) is 1. The normalized spacial score (nSPS) is 17.5. The second-order valence-corrected chi connectivity index (χ2v) is 6.72. The lowest BCUT2D eigenvalue weighted by atomic mass is 9.93. The van der Waals surface area contributed by atoms with Crippen molar-refractivity contribution in [1.82, 2.24) is 15.1 Å². The maximum atomic E-state index is 12.7. The van der Waals surface area contributed by atoms with Crippen LogP contribution in [0.2, 0.25) is 0 Å². The zero-order valence-corrected chi connectivity index (χ0v) is 14.4. The Morgan fingerprint density at radius 2 is 2.08 bits per heavy atom. The van der Waals surface area contributed by atoms with Gasteiger partial charge < -0.3 is 10.0 Å². The van der Waals surface area contributed by atoms with E-state index in [2.05, 4.69) is 10.2 Å². The Bertz CT molecular complexity index is 752. The predicted octanol–water partition coefficient (Wildman–Crippen LogP) is 3.10. The Hall–Kier alpha value is -2.63. The van der Waals surface area contributed by atoms with Crippen LogP contribution in [0, 0.1) is 12.8 Å². The molecular weight excluding hydrogens is 318 g/mol. The van der Waals surface area contributed by atoms with Gasteiger partial charge in [0.2, 0.25) is 0 Å². The second-order valence-electron chi connectivity index (χ2n) is 6.72. The van der Waals surface area contributed by atoms with Gasteiger partial charge in [0.25, 0.3) is 5.91 Å². The van der Waals surface area contributed by atoms with Gasteiger partial charge in [0.05, 0.1) is 5.69 Å². The quantitative estimate of drug-likeness (QED) is 0.875. The van der Waals surface area contributed by atoms with Crippen molar-refractivity contribution < 1.29 is 14.7 Å². The first-order valence-corrected chi connectivity index (χ1v) is 8.66. The van der Waals surface area contributed by atoms with E-state index >= 15 is 0 Å². The van der Waals surface area contributed by atoms with Gasteiger partial charge in [-0.1, -0.05) is 29.8 Å². The van der Waals surface area contributed by atoms with Crippen molar-refractivity contribution in [2.45, 2.75) is 32.6 Å². The number of carbonyl (C=O) groups excluding carboxylic acids is 1. The molecule has 2 N–H and O–H groups in total. The molecule has 0 bridgehead atoms. The lowest BCUT2D eigenvalue weighted by molar-refractivity contribution is -0.137. The van der Waals surface area contributed by atoms with E-state index in [1.165, 1.54) is 5.56 Å². The fraction of sp³-hybridized carbons (Fsp3) is 0.421. The van der Waals surface area contributed by atoms with E-state index < -0.39 is 5.97 Å². The molecule has 2 heterocycles. The van der Waals surface area contributed by atoms with Gasteiger partial charge in [-0.3, -0.25) is 14.7 Å². The molecule has 1 aromatic heterocycles. The second kappa shape index (κ2) is 7.51. The number of carboxylic acid groups (broad SMARTS) is 1. The van der Waals surface area contributed by atoms with E-state index in [4.69, 9.17) is 5.11 Å². The molecule has 1 atom stereocenters. The summed E-state index contributed by atoms with van der Waals surface area (Å²) in [6.45, 7) is 3.35. The summed E-state index contributed by atoms with van der Waals surface area (Å²) in [6, 6.07) is 9.80. The van der Waals surface area contributed by atoms with Crippen LogP contribution in [0.1, 0.15) is 41.7 Å². The standard InChI is InChI=1S/C19H23N3O3/c1-13-4-7-15(8-5-13)16-11-17(21-20-16)19(25)22-10-2-3-14(12-22)6-9-18(23)24/h4-5,7-8,11,14H,2-3,6,9-10,12H2,1H3,(H,20,21)(H,23,24). The SMILES string of the molecule is Cc1ccc(-c2cc(C(=O)N3CCCC(CCC(=O)O)C3)[nH]n2)cc1. The maximum Gasteiger partial charge on any atom is 0.303 e. The number of rotatable bonds is 5. The average molecular weight is 341 g/mol. The highest BCUT2D eigenvalue weighted by atomic mass is 16.4. The number of piperidine rings is 1. The summed E-state index contributed by atoms with van der Waals surface area (Å²) < 4.78 is 0. The van der Waals surface area contributed by atoms with Crippen LogP contribution in [-0.2, 0) is 4.79 Å². The Kier molecular flexibility index (Phi) is 5.16. The van der Waals surface area contributed by atoms with E-state index in [1.807, 2.05) is 36.1 Å². The van der Waals surface area contributed by atoms with Gasteiger partial charge in [0.1, 0.15) is 5.69 Å². The molecule has 1 saturated heterocycles. The molecule has 1 aromatic carbocycles. The van der Waals surface area contributed by atoms with Crippen molar-refractivity contribution in [3.63, 3.8) is 0 Å². The molecule has 0 saturated carbocycles. The number of H-pyrrole nitrogens is 1. The van der Waals surface area contributed by atoms with Crippen molar-refractivity contribution >= 4 is 11.9 Å². The molecule has 0 spiro atoms. The van der Waals surface area contributed by atoms with Gasteiger partial charge >= 0.3 is 5.97 Å². The van der Waals surface area contributed by atoms with Gasteiger partial charge in [-0.05, 0) is 38.2 Å². The molecule has 25 heavy (non-hydrogen) atoms. The molecule has 1 fully saturated rings. The average Bonchev–Trinajstić information content (AvgIpc) is 3.10. The summed E-state index contributed by atoms with van der Waals surface area (Å²) in [4.78, 5) is 25.3. The van der Waals surface area contributed by atoms with E-state index in [1.54, 1.807) is 6.07 Å². The highest BCUT2D eigenvalue weighted by Crippen LogP contribution is 2.23. The first-order chi connectivity index (χ1) is 12.0.